The third-order valence-electron chi connectivity index (χ3n) is 5.36. The van der Waals surface area contributed by atoms with E-state index in [-0.39, 0.29) is 12.0 Å². The van der Waals surface area contributed by atoms with Crippen molar-refractivity contribution in [3.63, 3.8) is 0 Å². The van der Waals surface area contributed by atoms with Crippen LogP contribution in [-0.2, 0) is 10.2 Å². The molecule has 116 valence electrons. The van der Waals surface area contributed by atoms with Crippen LogP contribution in [-0.4, -0.2) is 38.0 Å². The third-order valence-corrected chi connectivity index (χ3v) is 5.36. The lowest BCUT2D eigenvalue weighted by Gasteiger charge is -2.37. The number of nitrogens with zero attached hydrogens (tertiary/aromatic N) is 1. The molecular weight excluding hydrogens is 262 g/mol. The van der Waals surface area contributed by atoms with Crippen molar-refractivity contribution in [3.05, 3.63) is 29.8 Å². The fraction of sp³-hybridized carbons (Fsp3) is 0.667. The van der Waals surface area contributed by atoms with Gasteiger partial charge in [0, 0.05) is 37.4 Å². The summed E-state index contributed by atoms with van der Waals surface area (Å²) in [7, 11) is 0. The van der Waals surface area contributed by atoms with E-state index in [9.17, 15) is 5.11 Å². The minimum absolute atomic E-state index is 0.0999. The minimum atomic E-state index is -0.0999. The largest absolute Gasteiger partial charge is 0.395 e. The Hall–Kier alpha value is -1.06. The predicted octanol–water partition coefficient (Wildman–Crippen LogP) is 2.96. The Balaban J connectivity index is 1.82. The summed E-state index contributed by atoms with van der Waals surface area (Å²) in [4.78, 5) is 2.49. The van der Waals surface area contributed by atoms with Crippen LogP contribution in [0.15, 0.2) is 24.3 Å². The molecular formula is C18H27NO2. The van der Waals surface area contributed by atoms with Crippen LogP contribution < -0.4 is 4.90 Å². The number of anilines is 1. The predicted molar refractivity (Wildman–Crippen MR) is 85.9 cm³/mol. The van der Waals surface area contributed by atoms with Crippen molar-refractivity contribution in [2.24, 2.45) is 5.92 Å². The van der Waals surface area contributed by atoms with Gasteiger partial charge < -0.3 is 14.7 Å². The van der Waals surface area contributed by atoms with Gasteiger partial charge in [-0.2, -0.15) is 0 Å². The van der Waals surface area contributed by atoms with Crippen LogP contribution in [0.25, 0.3) is 0 Å². The quantitative estimate of drug-likeness (QED) is 0.928. The van der Waals surface area contributed by atoms with Crippen LogP contribution in [0.4, 0.5) is 5.69 Å². The van der Waals surface area contributed by atoms with Crippen molar-refractivity contribution < 1.29 is 9.84 Å². The molecule has 1 aromatic carbocycles. The molecule has 1 N–H and O–H groups in total. The number of rotatable bonds is 3. The van der Waals surface area contributed by atoms with E-state index >= 15 is 0 Å². The first-order valence-electron chi connectivity index (χ1n) is 8.28. The van der Waals surface area contributed by atoms with Gasteiger partial charge in [0.2, 0.25) is 0 Å². The van der Waals surface area contributed by atoms with Gasteiger partial charge in [-0.15, -0.1) is 0 Å². The molecule has 3 rings (SSSR count). The lowest BCUT2D eigenvalue weighted by molar-refractivity contribution is 0.0253. The Morgan fingerprint density at radius 3 is 2.62 bits per heavy atom. The summed E-state index contributed by atoms with van der Waals surface area (Å²) in [6.45, 7) is 6.38. The molecule has 2 saturated heterocycles. The van der Waals surface area contributed by atoms with Gasteiger partial charge >= 0.3 is 0 Å². The molecule has 0 radical (unpaired) electrons. The molecule has 21 heavy (non-hydrogen) atoms. The molecule has 2 aliphatic rings. The van der Waals surface area contributed by atoms with Gasteiger partial charge in [-0.3, -0.25) is 0 Å². The minimum Gasteiger partial charge on any atom is -0.395 e. The smallest absolute Gasteiger partial charge is 0.0529 e. The van der Waals surface area contributed by atoms with Crippen molar-refractivity contribution >= 4 is 5.69 Å². The SMILES string of the molecule is CC1CCN(c2cccc(C3(CO)CCOCC3)c2)CC1. The number of hydrogen-bond acceptors (Lipinski definition) is 3. The molecule has 0 atom stereocenters. The van der Waals surface area contributed by atoms with Crippen molar-refractivity contribution in [1.29, 1.82) is 0 Å². The fourth-order valence-electron chi connectivity index (χ4n) is 3.60. The Labute approximate surface area is 127 Å². The Morgan fingerprint density at radius 2 is 1.95 bits per heavy atom. The van der Waals surface area contributed by atoms with E-state index in [4.69, 9.17) is 4.74 Å². The van der Waals surface area contributed by atoms with Crippen LogP contribution >= 0.6 is 0 Å². The molecule has 1 aromatic rings. The highest BCUT2D eigenvalue weighted by Crippen LogP contribution is 2.36. The van der Waals surface area contributed by atoms with Crippen LogP contribution in [0.5, 0.6) is 0 Å². The van der Waals surface area contributed by atoms with Crippen LogP contribution in [0.1, 0.15) is 38.2 Å². The molecule has 0 unspecified atom stereocenters. The van der Waals surface area contributed by atoms with Gasteiger partial charge in [0.15, 0.2) is 0 Å². The van der Waals surface area contributed by atoms with E-state index in [0.29, 0.717) is 0 Å². The lowest BCUT2D eigenvalue weighted by atomic mass is 9.75. The van der Waals surface area contributed by atoms with Gasteiger partial charge in [0.1, 0.15) is 0 Å². The second-order valence-electron chi connectivity index (χ2n) is 6.77. The van der Waals surface area contributed by atoms with Gasteiger partial charge in [-0.05, 0) is 49.3 Å². The summed E-state index contributed by atoms with van der Waals surface area (Å²) >= 11 is 0. The average Bonchev–Trinajstić information content (AvgIpc) is 2.56. The lowest BCUT2D eigenvalue weighted by Crippen LogP contribution is -2.38. The molecule has 0 saturated carbocycles. The Bertz CT molecular complexity index is 460. The van der Waals surface area contributed by atoms with Gasteiger partial charge in [0.25, 0.3) is 0 Å². The first kappa shape index (κ1) is 14.9. The van der Waals surface area contributed by atoms with Gasteiger partial charge in [-0.1, -0.05) is 19.1 Å². The molecule has 2 fully saturated rings. The van der Waals surface area contributed by atoms with Crippen molar-refractivity contribution in [1.82, 2.24) is 0 Å². The normalized spacial score (nSPS) is 23.2. The zero-order valence-corrected chi connectivity index (χ0v) is 13.1. The molecule has 2 heterocycles. The first-order valence-corrected chi connectivity index (χ1v) is 8.28. The number of hydrogen-bond donors (Lipinski definition) is 1. The van der Waals surface area contributed by atoms with E-state index < -0.39 is 0 Å². The van der Waals surface area contributed by atoms with E-state index in [1.807, 2.05) is 0 Å². The molecule has 0 aliphatic carbocycles. The van der Waals surface area contributed by atoms with E-state index in [1.165, 1.54) is 24.1 Å². The molecule has 0 bridgehead atoms. The highest BCUT2D eigenvalue weighted by Gasteiger charge is 2.34. The zero-order chi connectivity index (χ0) is 14.7. The second-order valence-corrected chi connectivity index (χ2v) is 6.77. The molecule has 0 spiro atoms. The van der Waals surface area contributed by atoms with E-state index in [2.05, 4.69) is 36.1 Å². The van der Waals surface area contributed by atoms with Crippen LogP contribution in [0, 0.1) is 5.92 Å². The summed E-state index contributed by atoms with van der Waals surface area (Å²) in [5.74, 6) is 0.851. The summed E-state index contributed by atoms with van der Waals surface area (Å²) < 4.78 is 5.48. The van der Waals surface area contributed by atoms with E-state index in [1.54, 1.807) is 0 Å². The standard InChI is InChI=1S/C18H27NO2/c1-15-5-9-19(10-6-15)17-4-2-3-16(13-17)18(14-20)7-11-21-12-8-18/h2-4,13,15,20H,5-12,14H2,1H3. The molecule has 2 aliphatic heterocycles. The maximum absolute atomic E-state index is 9.96. The van der Waals surface area contributed by atoms with Crippen molar-refractivity contribution in [2.45, 2.75) is 38.0 Å². The van der Waals surface area contributed by atoms with Crippen molar-refractivity contribution in [2.75, 3.05) is 37.8 Å². The second kappa shape index (κ2) is 6.37. The number of aliphatic hydroxyl groups is 1. The Morgan fingerprint density at radius 1 is 1.24 bits per heavy atom. The first-order chi connectivity index (χ1) is 10.2. The number of benzene rings is 1. The maximum Gasteiger partial charge on any atom is 0.0529 e. The maximum atomic E-state index is 9.96. The Kier molecular flexibility index (Phi) is 4.51. The zero-order valence-electron chi connectivity index (χ0n) is 13.1. The summed E-state index contributed by atoms with van der Waals surface area (Å²) in [6.07, 6.45) is 4.40. The molecule has 0 amide bonds. The molecule has 3 nitrogen and oxygen atoms in total. The average molecular weight is 289 g/mol. The topological polar surface area (TPSA) is 32.7 Å². The van der Waals surface area contributed by atoms with Crippen molar-refractivity contribution in [3.8, 4) is 0 Å². The van der Waals surface area contributed by atoms with Crippen LogP contribution in [0.3, 0.4) is 0 Å². The van der Waals surface area contributed by atoms with Crippen LogP contribution in [0.2, 0.25) is 0 Å². The molecule has 3 heteroatoms. The number of ether oxygens (including phenoxy) is 1. The fourth-order valence-corrected chi connectivity index (χ4v) is 3.60. The van der Waals surface area contributed by atoms with Gasteiger partial charge in [0.05, 0.1) is 6.61 Å². The summed E-state index contributed by atoms with van der Waals surface area (Å²) in [6, 6.07) is 8.84. The third kappa shape index (κ3) is 3.09. The van der Waals surface area contributed by atoms with Gasteiger partial charge in [-0.25, -0.2) is 0 Å². The highest BCUT2D eigenvalue weighted by molar-refractivity contribution is 5.50. The molecule has 0 aromatic heterocycles. The highest BCUT2D eigenvalue weighted by atomic mass is 16.5. The summed E-state index contributed by atoms with van der Waals surface area (Å²) in [5.41, 5.74) is 2.50. The van der Waals surface area contributed by atoms with E-state index in [0.717, 1.165) is 45.1 Å². The number of piperidine rings is 1. The summed E-state index contributed by atoms with van der Waals surface area (Å²) in [5, 5.41) is 9.96. The monoisotopic (exact) mass is 289 g/mol. The number of aliphatic hydroxyl groups excluding tert-OH is 1.